The minimum absolute atomic E-state index is 0. The average Bonchev–Trinajstić information content (AvgIpc) is 2.80. The lowest BCUT2D eigenvalue weighted by molar-refractivity contribution is -0.00100. The van der Waals surface area contributed by atoms with E-state index in [1.165, 1.54) is 33.6 Å². The summed E-state index contributed by atoms with van der Waals surface area (Å²) in [6.07, 6.45) is 0. The Labute approximate surface area is 239 Å². The Balaban J connectivity index is 0.00000204. The third-order valence-electron chi connectivity index (χ3n) is 6.31. The van der Waals surface area contributed by atoms with E-state index in [9.17, 15) is 0 Å². The first-order chi connectivity index (χ1) is 15.3. The Bertz CT molecular complexity index is 1040. The van der Waals surface area contributed by atoms with Gasteiger partial charge in [-0.25, -0.2) is 0 Å². The molecule has 0 spiro atoms. The van der Waals surface area contributed by atoms with Crippen LogP contribution in [0.4, 0.5) is 11.4 Å². The van der Waals surface area contributed by atoms with Gasteiger partial charge in [0.2, 0.25) is 0 Å². The van der Waals surface area contributed by atoms with Crippen molar-refractivity contribution in [2.75, 3.05) is 28.2 Å². The van der Waals surface area contributed by atoms with Gasteiger partial charge in [-0.05, 0) is 59.7 Å². The lowest BCUT2D eigenvalue weighted by Crippen LogP contribution is -3.00. The smallest absolute Gasteiger partial charge is 0.132 e. The van der Waals surface area contributed by atoms with Gasteiger partial charge in [-0.3, -0.25) is 8.97 Å². The van der Waals surface area contributed by atoms with Gasteiger partial charge in [0.25, 0.3) is 0 Å². The highest BCUT2D eigenvalue weighted by molar-refractivity contribution is 5.67. The monoisotopic (exact) mass is 676 g/mol. The first kappa shape index (κ1) is 28.5. The van der Waals surface area contributed by atoms with Crippen LogP contribution in [0, 0.1) is 0 Å². The van der Waals surface area contributed by atoms with E-state index in [0.29, 0.717) is 0 Å². The summed E-state index contributed by atoms with van der Waals surface area (Å²) in [4.78, 5) is 0. The molecule has 4 rings (SSSR count). The Morgan fingerprint density at radius 2 is 0.706 bits per heavy atom. The fourth-order valence-electron chi connectivity index (χ4n) is 4.38. The van der Waals surface area contributed by atoms with E-state index in [0.717, 1.165) is 22.1 Å². The summed E-state index contributed by atoms with van der Waals surface area (Å²) < 4.78 is 1.66. The lowest BCUT2D eigenvalue weighted by Gasteiger charge is -2.30. The minimum Gasteiger partial charge on any atom is -1.00 e. The number of hydrogen-bond donors (Lipinski definition) is 0. The Morgan fingerprint density at radius 3 is 1.00 bits per heavy atom. The lowest BCUT2D eigenvalue weighted by atomic mass is 10.0. The van der Waals surface area contributed by atoms with Crippen molar-refractivity contribution in [2.45, 2.75) is 13.1 Å². The molecule has 0 bridgehead atoms. The van der Waals surface area contributed by atoms with Crippen molar-refractivity contribution >= 4 is 11.4 Å². The molecule has 0 saturated heterocycles. The summed E-state index contributed by atoms with van der Waals surface area (Å²) >= 11 is 0. The third kappa shape index (κ3) is 7.13. The maximum absolute atomic E-state index is 2.27. The average molecular weight is 676 g/mol. The van der Waals surface area contributed by atoms with Crippen LogP contribution in [-0.2, 0) is 13.1 Å². The normalized spacial score (nSPS) is 11.3. The van der Waals surface area contributed by atoms with Crippen LogP contribution in [0.3, 0.4) is 0 Å². The summed E-state index contributed by atoms with van der Waals surface area (Å²) in [5, 5.41) is 0. The van der Waals surface area contributed by atoms with E-state index in [1.54, 1.807) is 0 Å². The molecule has 0 N–H and O–H groups in total. The molecule has 0 radical (unpaired) electrons. The Morgan fingerprint density at radius 1 is 0.412 bits per heavy atom. The second kappa shape index (κ2) is 12.3. The fourth-order valence-corrected chi connectivity index (χ4v) is 4.38. The van der Waals surface area contributed by atoms with E-state index >= 15 is 0 Å². The van der Waals surface area contributed by atoms with Crippen molar-refractivity contribution in [2.24, 2.45) is 0 Å². The Kier molecular flexibility index (Phi) is 10.3. The highest BCUT2D eigenvalue weighted by Gasteiger charge is 2.21. The Hall–Kier alpha value is -1.74. The van der Waals surface area contributed by atoms with E-state index in [4.69, 9.17) is 0 Å². The maximum Gasteiger partial charge on any atom is 0.132 e. The van der Waals surface area contributed by atoms with E-state index < -0.39 is 0 Å². The largest absolute Gasteiger partial charge is 1.00 e. The molecular formula is C30H34I2N2. The number of halogens is 2. The van der Waals surface area contributed by atoms with Crippen molar-refractivity contribution in [1.29, 1.82) is 0 Å². The van der Waals surface area contributed by atoms with Gasteiger partial charge in [-0.1, -0.05) is 60.7 Å². The molecule has 2 nitrogen and oxygen atoms in total. The predicted molar refractivity (Wildman–Crippen MR) is 139 cm³/mol. The van der Waals surface area contributed by atoms with Crippen LogP contribution in [0.15, 0.2) is 109 Å². The molecule has 0 aliphatic rings. The molecule has 0 fully saturated rings. The van der Waals surface area contributed by atoms with E-state index in [-0.39, 0.29) is 48.0 Å². The van der Waals surface area contributed by atoms with Gasteiger partial charge in [0.15, 0.2) is 0 Å². The molecule has 0 aliphatic carbocycles. The molecule has 0 aromatic heterocycles. The molecule has 4 aromatic carbocycles. The zero-order chi connectivity index (χ0) is 22.6. The van der Waals surface area contributed by atoms with Gasteiger partial charge >= 0.3 is 0 Å². The molecule has 0 aliphatic heterocycles. The molecule has 0 atom stereocenters. The van der Waals surface area contributed by atoms with Crippen molar-refractivity contribution in [3.63, 3.8) is 0 Å². The van der Waals surface area contributed by atoms with Crippen molar-refractivity contribution in [3.05, 3.63) is 120 Å². The number of benzene rings is 4. The molecule has 4 aromatic rings. The van der Waals surface area contributed by atoms with Gasteiger partial charge < -0.3 is 48.0 Å². The quantitative estimate of drug-likeness (QED) is 0.202. The molecule has 178 valence electrons. The summed E-state index contributed by atoms with van der Waals surface area (Å²) in [5.74, 6) is 0. The molecule has 0 saturated carbocycles. The standard InChI is InChI=1S/C30H34N2.2HI/c1-31(2,23-25-11-7-5-8-12-25)29-19-15-27(16-20-29)28-17-21-30(22-18-28)32(3,4)24-26-13-9-6-10-14-26;;/h5-22H,23-24H2,1-4H3;2*1H/q+2;;/p-2. The summed E-state index contributed by atoms with van der Waals surface area (Å²) in [7, 11) is 9.07. The maximum atomic E-state index is 2.27. The minimum atomic E-state index is 0. The number of hydrogen-bond acceptors (Lipinski definition) is 0. The van der Waals surface area contributed by atoms with Crippen LogP contribution in [0.1, 0.15) is 11.1 Å². The summed E-state index contributed by atoms with van der Waals surface area (Å²) in [6.45, 7) is 1.95. The van der Waals surface area contributed by atoms with Gasteiger partial charge in [-0.2, -0.15) is 0 Å². The fraction of sp³-hybridized carbons (Fsp3) is 0.200. The molecule has 34 heavy (non-hydrogen) atoms. The molecule has 0 heterocycles. The number of rotatable bonds is 7. The van der Waals surface area contributed by atoms with Crippen LogP contribution >= 0.6 is 0 Å². The molecule has 0 amide bonds. The van der Waals surface area contributed by atoms with E-state index in [1.807, 2.05) is 0 Å². The summed E-state index contributed by atoms with van der Waals surface area (Å²) in [6, 6.07) is 39.5. The number of nitrogens with zero attached hydrogens (tertiary/aromatic N) is 2. The molecule has 0 unspecified atom stereocenters. The third-order valence-corrected chi connectivity index (χ3v) is 6.31. The molecular weight excluding hydrogens is 642 g/mol. The van der Waals surface area contributed by atoms with Gasteiger partial charge in [0, 0.05) is 11.1 Å². The van der Waals surface area contributed by atoms with Crippen molar-refractivity contribution < 1.29 is 48.0 Å². The predicted octanol–water partition coefficient (Wildman–Crippen LogP) is 0.896. The van der Waals surface area contributed by atoms with Gasteiger partial charge in [-0.15, -0.1) is 0 Å². The van der Waals surface area contributed by atoms with Crippen LogP contribution in [0.25, 0.3) is 11.1 Å². The first-order valence-electron chi connectivity index (χ1n) is 11.3. The van der Waals surface area contributed by atoms with Crippen molar-refractivity contribution in [3.8, 4) is 11.1 Å². The summed E-state index contributed by atoms with van der Waals surface area (Å²) in [5.41, 5.74) is 7.85. The zero-order valence-electron chi connectivity index (χ0n) is 20.5. The highest BCUT2D eigenvalue weighted by atomic mass is 127. The first-order valence-corrected chi connectivity index (χ1v) is 11.3. The van der Waals surface area contributed by atoms with E-state index in [2.05, 4.69) is 137 Å². The van der Waals surface area contributed by atoms with Gasteiger partial charge in [0.1, 0.15) is 24.5 Å². The second-order valence-corrected chi connectivity index (χ2v) is 9.75. The topological polar surface area (TPSA) is 0 Å². The van der Waals surface area contributed by atoms with Crippen LogP contribution < -0.4 is 56.9 Å². The SMILES string of the molecule is C[N+](C)(Cc1ccccc1)c1ccc(-c2ccc([N+](C)(C)Cc3ccccc3)cc2)cc1.[I-].[I-]. The van der Waals surface area contributed by atoms with Crippen LogP contribution in [0.5, 0.6) is 0 Å². The van der Waals surface area contributed by atoms with Gasteiger partial charge in [0.05, 0.1) is 28.2 Å². The highest BCUT2D eigenvalue weighted by Crippen LogP contribution is 2.29. The van der Waals surface area contributed by atoms with Crippen molar-refractivity contribution in [1.82, 2.24) is 8.97 Å². The zero-order valence-corrected chi connectivity index (χ0v) is 24.8. The van der Waals surface area contributed by atoms with Crippen LogP contribution in [-0.4, -0.2) is 28.2 Å². The second-order valence-electron chi connectivity index (χ2n) is 9.75. The number of quaternary nitrogens is 2. The molecule has 4 heteroatoms. The van der Waals surface area contributed by atoms with Crippen LogP contribution in [0.2, 0.25) is 0 Å².